The molecule has 0 spiro atoms. The van der Waals surface area contributed by atoms with Gasteiger partial charge in [0, 0.05) is 64.1 Å². The first-order valence-electron chi connectivity index (χ1n) is 10.3. The Bertz CT molecular complexity index is 1450. The van der Waals surface area contributed by atoms with Crippen molar-refractivity contribution in [2.24, 2.45) is 5.10 Å². The number of fused-ring (bicyclic) bond motifs is 4. The Hall–Kier alpha value is -2.40. The molecule has 0 aliphatic rings. The molecule has 5 rings (SSSR count). The number of halogens is 2. The monoisotopic (exact) mass is 646 g/mol. The molecule has 0 saturated carbocycles. The SMILES string of the molecule is Cc1[nH]c2ccccc2c1/C=N/NC(=O)CCn1c2ccc(I)cc2c2cc(I)ccc21. The number of carbonyl (C=O) groups is 1. The number of hydrogen-bond acceptors (Lipinski definition) is 2. The molecular weight excluding hydrogens is 626 g/mol. The van der Waals surface area contributed by atoms with Gasteiger partial charge in [-0.1, -0.05) is 18.2 Å². The van der Waals surface area contributed by atoms with Gasteiger partial charge in [-0.25, -0.2) is 5.43 Å². The Kier molecular flexibility index (Phi) is 5.93. The molecule has 0 unspecified atom stereocenters. The number of hydrazone groups is 1. The second-order valence-corrected chi connectivity index (χ2v) is 10.2. The standard InChI is InChI=1S/C25H20I2N4O/c1-15-21(18-4-2-3-5-22(18)29-15)14-28-30-25(32)10-11-31-23-8-6-16(26)12-19(23)20-13-17(27)7-9-24(20)31/h2-9,12-14,29H,10-11H2,1H3,(H,30,32)/b28-14+. The third-order valence-electron chi connectivity index (χ3n) is 5.68. The average molecular weight is 646 g/mol. The zero-order valence-corrected chi connectivity index (χ0v) is 21.6. The molecule has 5 nitrogen and oxygen atoms in total. The van der Waals surface area contributed by atoms with Gasteiger partial charge in [0.2, 0.25) is 5.91 Å². The van der Waals surface area contributed by atoms with Crippen LogP contribution in [0, 0.1) is 14.1 Å². The maximum atomic E-state index is 12.5. The van der Waals surface area contributed by atoms with E-state index in [0.29, 0.717) is 13.0 Å². The maximum Gasteiger partial charge on any atom is 0.241 e. The van der Waals surface area contributed by atoms with E-state index in [0.717, 1.165) is 33.2 Å². The fourth-order valence-corrected chi connectivity index (χ4v) is 5.17. The highest BCUT2D eigenvalue weighted by Gasteiger charge is 2.13. The molecule has 32 heavy (non-hydrogen) atoms. The Morgan fingerprint density at radius 2 is 1.66 bits per heavy atom. The van der Waals surface area contributed by atoms with Crippen LogP contribution in [0.4, 0.5) is 0 Å². The molecule has 0 bridgehead atoms. The van der Waals surface area contributed by atoms with Gasteiger partial charge in [-0.3, -0.25) is 4.79 Å². The topological polar surface area (TPSA) is 62.2 Å². The largest absolute Gasteiger partial charge is 0.358 e. The molecular formula is C25H20I2N4O. The predicted octanol–water partition coefficient (Wildman–Crippen LogP) is 6.33. The lowest BCUT2D eigenvalue weighted by Gasteiger charge is -2.07. The Morgan fingerprint density at radius 3 is 2.34 bits per heavy atom. The van der Waals surface area contributed by atoms with Crippen molar-refractivity contribution in [1.82, 2.24) is 15.0 Å². The van der Waals surface area contributed by atoms with Gasteiger partial charge in [-0.05, 0) is 94.6 Å². The summed E-state index contributed by atoms with van der Waals surface area (Å²) >= 11 is 4.69. The van der Waals surface area contributed by atoms with E-state index in [2.05, 4.69) is 102 Å². The number of rotatable bonds is 5. The van der Waals surface area contributed by atoms with Crippen molar-refractivity contribution in [3.05, 3.63) is 79.1 Å². The summed E-state index contributed by atoms with van der Waals surface area (Å²) < 4.78 is 4.63. The van der Waals surface area contributed by atoms with Crippen LogP contribution in [0.25, 0.3) is 32.7 Å². The van der Waals surface area contributed by atoms with Crippen LogP contribution in [0.5, 0.6) is 0 Å². The highest BCUT2D eigenvalue weighted by molar-refractivity contribution is 14.1. The number of nitrogens with zero attached hydrogens (tertiary/aromatic N) is 2. The van der Waals surface area contributed by atoms with Gasteiger partial charge in [0.15, 0.2) is 0 Å². The molecule has 0 atom stereocenters. The zero-order chi connectivity index (χ0) is 22.2. The van der Waals surface area contributed by atoms with Crippen LogP contribution < -0.4 is 5.43 Å². The van der Waals surface area contributed by atoms with E-state index in [1.807, 2.05) is 31.2 Å². The number of carbonyl (C=O) groups excluding carboxylic acids is 1. The molecule has 0 aliphatic carbocycles. The molecule has 160 valence electrons. The van der Waals surface area contributed by atoms with Crippen molar-refractivity contribution in [2.45, 2.75) is 19.9 Å². The van der Waals surface area contributed by atoms with Crippen LogP contribution in [0.1, 0.15) is 17.7 Å². The first kappa shape index (κ1) is 21.4. The van der Waals surface area contributed by atoms with Gasteiger partial charge >= 0.3 is 0 Å². The lowest BCUT2D eigenvalue weighted by Crippen LogP contribution is -2.19. The number of para-hydroxylation sites is 1. The highest BCUT2D eigenvalue weighted by Crippen LogP contribution is 2.31. The molecule has 5 aromatic rings. The summed E-state index contributed by atoms with van der Waals surface area (Å²) in [4.78, 5) is 15.9. The zero-order valence-electron chi connectivity index (χ0n) is 17.3. The van der Waals surface area contributed by atoms with Crippen LogP contribution in [0.2, 0.25) is 0 Å². The smallest absolute Gasteiger partial charge is 0.241 e. The normalized spacial score (nSPS) is 11.8. The summed E-state index contributed by atoms with van der Waals surface area (Å²) in [6.45, 7) is 2.60. The summed E-state index contributed by atoms with van der Waals surface area (Å²) in [5, 5.41) is 7.75. The van der Waals surface area contributed by atoms with Crippen molar-refractivity contribution in [3.8, 4) is 0 Å². The van der Waals surface area contributed by atoms with E-state index in [1.54, 1.807) is 6.21 Å². The second kappa shape index (κ2) is 8.86. The fourth-order valence-electron chi connectivity index (χ4n) is 4.19. The minimum absolute atomic E-state index is 0.107. The minimum Gasteiger partial charge on any atom is -0.358 e. The van der Waals surface area contributed by atoms with Gasteiger partial charge in [0.1, 0.15) is 0 Å². The van der Waals surface area contributed by atoms with Crippen LogP contribution in [0.3, 0.4) is 0 Å². The van der Waals surface area contributed by atoms with E-state index in [-0.39, 0.29) is 5.91 Å². The van der Waals surface area contributed by atoms with Crippen LogP contribution in [0.15, 0.2) is 65.8 Å². The minimum atomic E-state index is -0.107. The summed E-state index contributed by atoms with van der Waals surface area (Å²) in [5.74, 6) is -0.107. The van der Waals surface area contributed by atoms with Gasteiger partial charge in [0.05, 0.1) is 6.21 Å². The third kappa shape index (κ3) is 4.03. The molecule has 0 radical (unpaired) electrons. The summed E-state index contributed by atoms with van der Waals surface area (Å²) in [6, 6.07) is 21.0. The Labute approximate surface area is 212 Å². The lowest BCUT2D eigenvalue weighted by atomic mass is 10.1. The number of amides is 1. The van der Waals surface area contributed by atoms with Crippen molar-refractivity contribution < 1.29 is 4.79 Å². The first-order valence-corrected chi connectivity index (χ1v) is 12.4. The molecule has 2 heterocycles. The molecule has 0 fully saturated rings. The van der Waals surface area contributed by atoms with E-state index in [9.17, 15) is 4.79 Å². The quantitative estimate of drug-likeness (QED) is 0.131. The molecule has 7 heteroatoms. The molecule has 3 aromatic carbocycles. The van der Waals surface area contributed by atoms with Crippen molar-refractivity contribution in [3.63, 3.8) is 0 Å². The van der Waals surface area contributed by atoms with E-state index >= 15 is 0 Å². The first-order chi connectivity index (χ1) is 15.5. The van der Waals surface area contributed by atoms with Crippen molar-refractivity contribution in [1.29, 1.82) is 0 Å². The van der Waals surface area contributed by atoms with Crippen LogP contribution in [-0.2, 0) is 11.3 Å². The number of aromatic amines is 1. The van der Waals surface area contributed by atoms with Crippen LogP contribution >= 0.6 is 45.2 Å². The second-order valence-electron chi connectivity index (χ2n) is 7.73. The number of hydrogen-bond donors (Lipinski definition) is 2. The number of H-pyrrole nitrogens is 1. The fraction of sp³-hybridized carbons (Fsp3) is 0.120. The van der Waals surface area contributed by atoms with Gasteiger partial charge < -0.3 is 9.55 Å². The van der Waals surface area contributed by atoms with Gasteiger partial charge in [-0.15, -0.1) is 0 Å². The maximum absolute atomic E-state index is 12.5. The van der Waals surface area contributed by atoms with Crippen LogP contribution in [-0.4, -0.2) is 21.7 Å². The van der Waals surface area contributed by atoms with Gasteiger partial charge in [-0.2, -0.15) is 5.10 Å². The Balaban J connectivity index is 1.35. The average Bonchev–Trinajstić information content (AvgIpc) is 3.26. The molecule has 0 aliphatic heterocycles. The molecule has 2 N–H and O–H groups in total. The predicted molar refractivity (Wildman–Crippen MR) is 148 cm³/mol. The van der Waals surface area contributed by atoms with Crippen molar-refractivity contribution >= 4 is 90.0 Å². The molecule has 1 amide bonds. The molecule has 0 saturated heterocycles. The van der Waals surface area contributed by atoms with E-state index < -0.39 is 0 Å². The summed E-state index contributed by atoms with van der Waals surface area (Å²) in [7, 11) is 0. The number of nitrogens with one attached hydrogen (secondary N) is 2. The van der Waals surface area contributed by atoms with E-state index in [1.165, 1.54) is 17.9 Å². The summed E-state index contributed by atoms with van der Waals surface area (Å²) in [6.07, 6.45) is 2.07. The van der Waals surface area contributed by atoms with Gasteiger partial charge in [0.25, 0.3) is 0 Å². The lowest BCUT2D eigenvalue weighted by molar-refractivity contribution is -0.121. The third-order valence-corrected chi connectivity index (χ3v) is 7.02. The van der Waals surface area contributed by atoms with E-state index in [4.69, 9.17) is 0 Å². The number of aromatic nitrogens is 2. The Morgan fingerprint density at radius 1 is 1.00 bits per heavy atom. The van der Waals surface area contributed by atoms with Crippen molar-refractivity contribution in [2.75, 3.05) is 0 Å². The highest BCUT2D eigenvalue weighted by atomic mass is 127. The molecule has 2 aromatic heterocycles. The number of benzene rings is 3. The summed E-state index contributed by atoms with van der Waals surface area (Å²) in [5.41, 5.74) is 8.07. The number of aryl methyl sites for hydroxylation is 2.